The van der Waals surface area contributed by atoms with E-state index in [4.69, 9.17) is 0 Å². The third kappa shape index (κ3) is 1.89. The number of urea groups is 1. The Balaban J connectivity index is 1.86. The highest BCUT2D eigenvalue weighted by Gasteiger charge is 2.30. The van der Waals surface area contributed by atoms with Gasteiger partial charge in [-0.1, -0.05) is 13.3 Å². The molecular weight excluding hydrogens is 180 g/mol. The van der Waals surface area contributed by atoms with E-state index >= 15 is 0 Å². The third-order valence-electron chi connectivity index (χ3n) is 3.15. The van der Waals surface area contributed by atoms with Gasteiger partial charge in [0.05, 0.1) is 0 Å². The van der Waals surface area contributed by atoms with Crippen LogP contribution in [0.1, 0.15) is 26.2 Å². The summed E-state index contributed by atoms with van der Waals surface area (Å²) in [5.74, 6) is 1.21. The summed E-state index contributed by atoms with van der Waals surface area (Å²) in [6.45, 7) is 3.25. The van der Waals surface area contributed by atoms with Crippen molar-refractivity contribution < 1.29 is 9.59 Å². The number of carbonyl (C=O) groups is 2. The number of rotatable bonds is 2. The first-order valence-electron chi connectivity index (χ1n) is 5.24. The lowest BCUT2D eigenvalue weighted by Crippen LogP contribution is -2.32. The number of nitrogens with one attached hydrogen (secondary N) is 1. The molecule has 2 rings (SSSR count). The molecule has 1 N–H and O–H groups in total. The van der Waals surface area contributed by atoms with E-state index in [0.717, 1.165) is 12.5 Å². The Labute approximate surface area is 83.6 Å². The van der Waals surface area contributed by atoms with E-state index in [-0.39, 0.29) is 18.5 Å². The first kappa shape index (κ1) is 9.49. The number of nitrogens with zero attached hydrogens (tertiary/aromatic N) is 1. The maximum atomic E-state index is 11.2. The van der Waals surface area contributed by atoms with Crippen molar-refractivity contribution in [2.45, 2.75) is 26.2 Å². The van der Waals surface area contributed by atoms with Gasteiger partial charge in [0.15, 0.2) is 0 Å². The molecule has 0 spiro atoms. The van der Waals surface area contributed by atoms with Crippen molar-refractivity contribution >= 4 is 11.9 Å². The molecule has 3 amide bonds. The average molecular weight is 196 g/mol. The number of amides is 3. The third-order valence-corrected chi connectivity index (χ3v) is 3.15. The maximum Gasteiger partial charge on any atom is 0.324 e. The molecule has 2 unspecified atom stereocenters. The standard InChI is InChI=1S/C10H16N2O2/c1-7-2-3-8(4-7)5-12-6-9(13)11-10(12)14/h7-8H,2-6H2,1H3,(H,11,13,14). The number of hydrogen-bond donors (Lipinski definition) is 1. The highest BCUT2D eigenvalue weighted by atomic mass is 16.2. The average Bonchev–Trinajstić information content (AvgIpc) is 2.61. The predicted octanol–water partition coefficient (Wildman–Crippen LogP) is 0.974. The summed E-state index contributed by atoms with van der Waals surface area (Å²) >= 11 is 0. The Kier molecular flexibility index (Phi) is 2.44. The smallest absolute Gasteiger partial charge is 0.315 e. The Bertz CT molecular complexity index is 265. The van der Waals surface area contributed by atoms with Crippen LogP contribution in [0, 0.1) is 11.8 Å². The maximum absolute atomic E-state index is 11.2. The molecule has 1 saturated carbocycles. The monoisotopic (exact) mass is 196 g/mol. The summed E-state index contributed by atoms with van der Waals surface area (Å²) in [5, 5.41) is 2.30. The van der Waals surface area contributed by atoms with E-state index < -0.39 is 0 Å². The number of carbonyl (C=O) groups excluding carboxylic acids is 2. The Morgan fingerprint density at radius 2 is 2.21 bits per heavy atom. The largest absolute Gasteiger partial charge is 0.324 e. The molecular formula is C10H16N2O2. The predicted molar refractivity (Wildman–Crippen MR) is 51.6 cm³/mol. The number of hydrogen-bond acceptors (Lipinski definition) is 2. The quantitative estimate of drug-likeness (QED) is 0.669. The number of imide groups is 1. The fraction of sp³-hybridized carbons (Fsp3) is 0.800. The lowest BCUT2D eigenvalue weighted by molar-refractivity contribution is -0.118. The van der Waals surface area contributed by atoms with Gasteiger partial charge in [-0.3, -0.25) is 10.1 Å². The molecule has 1 heterocycles. The molecule has 4 nitrogen and oxygen atoms in total. The Morgan fingerprint density at radius 3 is 2.71 bits per heavy atom. The van der Waals surface area contributed by atoms with E-state index in [1.807, 2.05) is 0 Å². The fourth-order valence-electron chi connectivity index (χ4n) is 2.43. The molecule has 14 heavy (non-hydrogen) atoms. The molecule has 2 atom stereocenters. The van der Waals surface area contributed by atoms with E-state index in [9.17, 15) is 9.59 Å². The van der Waals surface area contributed by atoms with Crippen LogP contribution in [0.25, 0.3) is 0 Å². The van der Waals surface area contributed by atoms with Crippen LogP contribution in [-0.4, -0.2) is 29.9 Å². The first-order valence-corrected chi connectivity index (χ1v) is 5.24. The highest BCUT2D eigenvalue weighted by molar-refractivity contribution is 6.01. The normalized spacial score (nSPS) is 32.5. The van der Waals surface area contributed by atoms with Crippen molar-refractivity contribution in [3.8, 4) is 0 Å². The zero-order chi connectivity index (χ0) is 10.1. The van der Waals surface area contributed by atoms with E-state index in [1.54, 1.807) is 4.90 Å². The molecule has 0 bridgehead atoms. The van der Waals surface area contributed by atoms with Crippen LogP contribution in [0.3, 0.4) is 0 Å². The topological polar surface area (TPSA) is 49.4 Å². The van der Waals surface area contributed by atoms with Crippen molar-refractivity contribution in [1.82, 2.24) is 10.2 Å². The van der Waals surface area contributed by atoms with Gasteiger partial charge in [-0.05, 0) is 24.7 Å². The molecule has 1 aliphatic heterocycles. The summed E-state index contributed by atoms with van der Waals surface area (Å²) in [5.41, 5.74) is 0. The second-order valence-electron chi connectivity index (χ2n) is 4.52. The first-order chi connectivity index (χ1) is 6.65. The molecule has 0 aromatic heterocycles. The minimum absolute atomic E-state index is 0.166. The van der Waals surface area contributed by atoms with Gasteiger partial charge in [0.2, 0.25) is 5.91 Å². The van der Waals surface area contributed by atoms with Gasteiger partial charge in [0.1, 0.15) is 6.54 Å². The Morgan fingerprint density at radius 1 is 1.43 bits per heavy atom. The lowest BCUT2D eigenvalue weighted by atomic mass is 10.1. The van der Waals surface area contributed by atoms with Crippen molar-refractivity contribution in [3.05, 3.63) is 0 Å². The van der Waals surface area contributed by atoms with Gasteiger partial charge in [0.25, 0.3) is 0 Å². The van der Waals surface area contributed by atoms with Crippen LogP contribution in [0.5, 0.6) is 0 Å². The van der Waals surface area contributed by atoms with Gasteiger partial charge in [-0.25, -0.2) is 4.79 Å². The molecule has 78 valence electrons. The summed E-state index contributed by atoms with van der Waals surface area (Å²) in [4.78, 5) is 23.8. The Hall–Kier alpha value is -1.06. The van der Waals surface area contributed by atoms with Gasteiger partial charge in [0, 0.05) is 6.54 Å². The minimum atomic E-state index is -0.213. The molecule has 0 aromatic carbocycles. The van der Waals surface area contributed by atoms with Crippen LogP contribution >= 0.6 is 0 Å². The van der Waals surface area contributed by atoms with E-state index in [2.05, 4.69) is 12.2 Å². The molecule has 4 heteroatoms. The second-order valence-corrected chi connectivity index (χ2v) is 4.52. The molecule has 1 saturated heterocycles. The lowest BCUT2D eigenvalue weighted by Gasteiger charge is -2.17. The molecule has 0 aromatic rings. The van der Waals surface area contributed by atoms with Crippen LogP contribution in [0.15, 0.2) is 0 Å². The summed E-state index contributed by atoms with van der Waals surface area (Å²) in [6.07, 6.45) is 3.64. The van der Waals surface area contributed by atoms with E-state index in [1.165, 1.54) is 19.3 Å². The van der Waals surface area contributed by atoms with Crippen molar-refractivity contribution in [2.75, 3.05) is 13.1 Å². The minimum Gasteiger partial charge on any atom is -0.315 e. The molecule has 2 aliphatic rings. The highest BCUT2D eigenvalue weighted by Crippen LogP contribution is 2.30. The van der Waals surface area contributed by atoms with E-state index in [0.29, 0.717) is 5.92 Å². The fourth-order valence-corrected chi connectivity index (χ4v) is 2.43. The van der Waals surface area contributed by atoms with Crippen LogP contribution in [0.2, 0.25) is 0 Å². The van der Waals surface area contributed by atoms with Gasteiger partial charge < -0.3 is 4.90 Å². The SMILES string of the molecule is CC1CCC(CN2CC(=O)NC2=O)C1. The van der Waals surface area contributed by atoms with Crippen LogP contribution < -0.4 is 5.32 Å². The van der Waals surface area contributed by atoms with Crippen molar-refractivity contribution in [1.29, 1.82) is 0 Å². The van der Waals surface area contributed by atoms with Gasteiger partial charge in [-0.2, -0.15) is 0 Å². The van der Waals surface area contributed by atoms with Crippen LogP contribution in [0.4, 0.5) is 4.79 Å². The van der Waals surface area contributed by atoms with Gasteiger partial charge >= 0.3 is 6.03 Å². The zero-order valence-electron chi connectivity index (χ0n) is 8.45. The van der Waals surface area contributed by atoms with Gasteiger partial charge in [-0.15, -0.1) is 0 Å². The van der Waals surface area contributed by atoms with Crippen LogP contribution in [-0.2, 0) is 4.79 Å². The molecule has 1 aliphatic carbocycles. The zero-order valence-corrected chi connectivity index (χ0v) is 8.45. The molecule has 2 fully saturated rings. The second kappa shape index (κ2) is 3.59. The summed E-state index contributed by atoms with van der Waals surface area (Å²) in [6, 6.07) is -0.213. The molecule has 0 radical (unpaired) electrons. The summed E-state index contributed by atoms with van der Waals surface area (Å²) < 4.78 is 0. The summed E-state index contributed by atoms with van der Waals surface area (Å²) in [7, 11) is 0. The van der Waals surface area contributed by atoms with Crippen molar-refractivity contribution in [2.24, 2.45) is 11.8 Å². The van der Waals surface area contributed by atoms with Crippen molar-refractivity contribution in [3.63, 3.8) is 0 Å².